The van der Waals surface area contributed by atoms with E-state index in [1.54, 1.807) is 0 Å². The van der Waals surface area contributed by atoms with E-state index in [4.69, 9.17) is 24.5 Å². The smallest absolute Gasteiger partial charge is 0.414 e. The van der Waals surface area contributed by atoms with Gasteiger partial charge in [-0.1, -0.05) is 0 Å². The number of hydrogen-bond donors (Lipinski definition) is 3. The van der Waals surface area contributed by atoms with Crippen LogP contribution in [0.4, 0.5) is 4.79 Å². The summed E-state index contributed by atoms with van der Waals surface area (Å²) in [6.07, 6.45) is 3.29. The van der Waals surface area contributed by atoms with Gasteiger partial charge in [0, 0.05) is 19.6 Å². The van der Waals surface area contributed by atoms with Crippen molar-refractivity contribution in [2.24, 2.45) is 0 Å². The highest BCUT2D eigenvalue weighted by Crippen LogP contribution is 2.32. The lowest BCUT2D eigenvalue weighted by Crippen LogP contribution is -2.71. The van der Waals surface area contributed by atoms with E-state index in [1.165, 1.54) is 6.42 Å². The minimum Gasteiger partial charge on any atom is -0.473 e. The maximum absolute atomic E-state index is 12.1. The van der Waals surface area contributed by atoms with Crippen molar-refractivity contribution < 1.29 is 29.3 Å². The fourth-order valence-electron chi connectivity index (χ4n) is 2.48. The van der Waals surface area contributed by atoms with E-state index < -0.39 is 17.5 Å². The Labute approximate surface area is 129 Å². The van der Waals surface area contributed by atoms with Crippen LogP contribution < -0.4 is 5.32 Å². The molecule has 8 heteroatoms. The van der Waals surface area contributed by atoms with Crippen LogP contribution in [0, 0.1) is 0 Å². The van der Waals surface area contributed by atoms with Gasteiger partial charge in [-0.25, -0.2) is 14.4 Å². The van der Waals surface area contributed by atoms with Crippen LogP contribution in [0.1, 0.15) is 40.0 Å². The molecule has 1 amide bonds. The number of rotatable bonds is 0. The summed E-state index contributed by atoms with van der Waals surface area (Å²) in [5.74, 6) is -3.65. The van der Waals surface area contributed by atoms with Crippen molar-refractivity contribution in [2.45, 2.75) is 51.2 Å². The molecule has 0 unspecified atom stereocenters. The SMILES string of the molecule is CC(C)(C)OC(=O)N1CCCCC12CNC2.O=C(O)C(=O)O. The number of nitrogens with one attached hydrogen (secondary N) is 1. The van der Waals surface area contributed by atoms with Gasteiger partial charge in [0.2, 0.25) is 0 Å². The van der Waals surface area contributed by atoms with Crippen molar-refractivity contribution in [1.82, 2.24) is 10.2 Å². The van der Waals surface area contributed by atoms with E-state index in [1.807, 2.05) is 25.7 Å². The molecule has 3 N–H and O–H groups in total. The first kappa shape index (κ1) is 18.2. The van der Waals surface area contributed by atoms with Gasteiger partial charge in [-0.2, -0.15) is 0 Å². The van der Waals surface area contributed by atoms with Gasteiger partial charge < -0.3 is 20.3 Å². The zero-order valence-electron chi connectivity index (χ0n) is 13.2. The van der Waals surface area contributed by atoms with Gasteiger partial charge in [0.25, 0.3) is 0 Å². The Morgan fingerprint density at radius 1 is 1.09 bits per heavy atom. The quantitative estimate of drug-likeness (QED) is 0.569. The van der Waals surface area contributed by atoms with E-state index in [0.29, 0.717) is 0 Å². The van der Waals surface area contributed by atoms with Crippen molar-refractivity contribution >= 4 is 18.0 Å². The number of nitrogens with zero attached hydrogens (tertiary/aromatic N) is 1. The Morgan fingerprint density at radius 3 is 2.00 bits per heavy atom. The summed E-state index contributed by atoms with van der Waals surface area (Å²) < 4.78 is 5.47. The Hall–Kier alpha value is -1.83. The zero-order chi connectivity index (χ0) is 17.0. The molecule has 0 aromatic rings. The van der Waals surface area contributed by atoms with E-state index in [2.05, 4.69) is 5.32 Å². The molecule has 2 aliphatic rings. The summed E-state index contributed by atoms with van der Waals surface area (Å²) in [7, 11) is 0. The van der Waals surface area contributed by atoms with Crippen LogP contribution in [0.15, 0.2) is 0 Å². The molecule has 0 aromatic carbocycles. The van der Waals surface area contributed by atoms with Crippen molar-refractivity contribution in [3.63, 3.8) is 0 Å². The lowest BCUT2D eigenvalue weighted by atomic mass is 9.82. The van der Waals surface area contributed by atoms with E-state index in [0.717, 1.165) is 32.5 Å². The van der Waals surface area contributed by atoms with E-state index in [9.17, 15) is 4.79 Å². The molecule has 2 aliphatic heterocycles. The van der Waals surface area contributed by atoms with Gasteiger partial charge in [-0.05, 0) is 40.0 Å². The topological polar surface area (TPSA) is 116 Å². The highest BCUT2D eigenvalue weighted by Gasteiger charge is 2.47. The molecule has 0 bridgehead atoms. The van der Waals surface area contributed by atoms with Gasteiger partial charge in [0.05, 0.1) is 5.54 Å². The number of hydrogen-bond acceptors (Lipinski definition) is 5. The molecule has 0 saturated carbocycles. The number of carbonyl (C=O) groups excluding carboxylic acids is 1. The van der Waals surface area contributed by atoms with Crippen LogP contribution in [0.25, 0.3) is 0 Å². The summed E-state index contributed by atoms with van der Waals surface area (Å²) in [6.45, 7) is 8.44. The second-order valence-corrected chi connectivity index (χ2v) is 6.53. The van der Waals surface area contributed by atoms with Crippen molar-refractivity contribution in [2.75, 3.05) is 19.6 Å². The number of piperidine rings is 1. The fraction of sp³-hybridized carbons (Fsp3) is 0.786. The average Bonchev–Trinajstić information content (AvgIpc) is 2.35. The van der Waals surface area contributed by atoms with Crippen molar-refractivity contribution in [3.05, 3.63) is 0 Å². The van der Waals surface area contributed by atoms with Crippen molar-refractivity contribution in [3.8, 4) is 0 Å². The molecule has 2 heterocycles. The number of carboxylic acids is 2. The second kappa shape index (κ2) is 6.95. The Balaban J connectivity index is 0.000000346. The lowest BCUT2D eigenvalue weighted by molar-refractivity contribution is -0.159. The first-order valence-electron chi connectivity index (χ1n) is 7.25. The summed E-state index contributed by atoms with van der Waals surface area (Å²) >= 11 is 0. The number of ether oxygens (including phenoxy) is 1. The summed E-state index contributed by atoms with van der Waals surface area (Å²) in [5, 5.41) is 18.1. The van der Waals surface area contributed by atoms with Crippen LogP contribution >= 0.6 is 0 Å². The first-order valence-corrected chi connectivity index (χ1v) is 7.25. The van der Waals surface area contributed by atoms with Crippen LogP contribution in [0.2, 0.25) is 0 Å². The minimum absolute atomic E-state index is 0.0561. The third kappa shape index (κ3) is 4.87. The normalized spacial score (nSPS) is 19.5. The Kier molecular flexibility index (Phi) is 5.76. The van der Waals surface area contributed by atoms with Crippen LogP contribution in [0.5, 0.6) is 0 Å². The standard InChI is InChI=1S/C12H22N2O2.C2H2O4/c1-11(2,3)16-10(15)14-7-5-4-6-12(14)8-13-9-12;3-1(4)2(5)6/h13H,4-9H2,1-3H3;(H,3,4)(H,5,6). The maximum Gasteiger partial charge on any atom is 0.414 e. The van der Waals surface area contributed by atoms with Crippen LogP contribution in [0.3, 0.4) is 0 Å². The van der Waals surface area contributed by atoms with Crippen LogP contribution in [-0.4, -0.2) is 63.9 Å². The predicted molar refractivity (Wildman–Crippen MR) is 77.7 cm³/mol. The molecule has 0 radical (unpaired) electrons. The molecule has 8 nitrogen and oxygen atoms in total. The first-order chi connectivity index (χ1) is 10.1. The Bertz CT molecular complexity index is 427. The largest absolute Gasteiger partial charge is 0.473 e. The van der Waals surface area contributed by atoms with Gasteiger partial charge in [-0.3, -0.25) is 4.90 Å². The third-order valence-electron chi connectivity index (χ3n) is 3.55. The molecular weight excluding hydrogens is 292 g/mol. The van der Waals surface area contributed by atoms with Gasteiger partial charge in [-0.15, -0.1) is 0 Å². The number of carbonyl (C=O) groups is 3. The molecule has 2 saturated heterocycles. The van der Waals surface area contributed by atoms with Gasteiger partial charge >= 0.3 is 18.0 Å². The Morgan fingerprint density at radius 2 is 1.64 bits per heavy atom. The van der Waals surface area contributed by atoms with Gasteiger partial charge in [0.1, 0.15) is 5.60 Å². The molecule has 0 aliphatic carbocycles. The van der Waals surface area contributed by atoms with E-state index in [-0.39, 0.29) is 11.6 Å². The van der Waals surface area contributed by atoms with Gasteiger partial charge in [0.15, 0.2) is 0 Å². The molecule has 126 valence electrons. The van der Waals surface area contributed by atoms with Crippen molar-refractivity contribution in [1.29, 1.82) is 0 Å². The molecule has 22 heavy (non-hydrogen) atoms. The zero-order valence-corrected chi connectivity index (χ0v) is 13.2. The summed E-state index contributed by atoms with van der Waals surface area (Å²) in [4.78, 5) is 32.2. The lowest BCUT2D eigenvalue weighted by Gasteiger charge is -2.53. The number of likely N-dealkylation sites (tertiary alicyclic amines) is 1. The highest BCUT2D eigenvalue weighted by molar-refractivity contribution is 6.27. The van der Waals surface area contributed by atoms with E-state index >= 15 is 0 Å². The average molecular weight is 316 g/mol. The fourth-order valence-corrected chi connectivity index (χ4v) is 2.48. The molecule has 0 atom stereocenters. The molecule has 2 rings (SSSR count). The summed E-state index contributed by atoms with van der Waals surface area (Å²) in [5.41, 5.74) is -0.340. The number of carboxylic acid groups (broad SMARTS) is 2. The molecule has 0 aromatic heterocycles. The second-order valence-electron chi connectivity index (χ2n) is 6.53. The molecular formula is C14H24N2O6. The van der Waals surface area contributed by atoms with Crippen LogP contribution in [-0.2, 0) is 14.3 Å². The number of amides is 1. The highest BCUT2D eigenvalue weighted by atomic mass is 16.6. The summed E-state index contributed by atoms with van der Waals surface area (Å²) in [6, 6.07) is 0. The molecule has 2 fully saturated rings. The maximum atomic E-state index is 12.1. The minimum atomic E-state index is -1.82. The third-order valence-corrected chi connectivity index (χ3v) is 3.55. The predicted octanol–water partition coefficient (Wildman–Crippen LogP) is 0.905. The monoisotopic (exact) mass is 316 g/mol. The number of aliphatic carboxylic acids is 2. The molecule has 1 spiro atoms.